The second-order valence-electron chi connectivity index (χ2n) is 6.97. The summed E-state index contributed by atoms with van der Waals surface area (Å²) in [5, 5.41) is 29.6. The summed E-state index contributed by atoms with van der Waals surface area (Å²) in [5.74, 6) is 0.719. The molecule has 30 heavy (non-hydrogen) atoms. The molecule has 0 bridgehead atoms. The van der Waals surface area contributed by atoms with Crippen LogP contribution in [0.2, 0.25) is 0 Å². The number of amides is 1. The highest BCUT2D eigenvalue weighted by Crippen LogP contribution is 2.09. The molecule has 3 atom stereocenters. The van der Waals surface area contributed by atoms with Gasteiger partial charge in [-0.2, -0.15) is 0 Å². The van der Waals surface area contributed by atoms with Crippen LogP contribution in [0.5, 0.6) is 5.75 Å². The number of benzene rings is 1. The fourth-order valence-corrected chi connectivity index (χ4v) is 2.37. The number of carbonyl (C=O) groups is 1. The third kappa shape index (κ3) is 12.0. The molecule has 1 amide bonds. The standard InChI is InChI=1S/C24H33NO5/c1-25(2)24(29)18-12-17-23(28)22(27)16-11-6-4-3-5-8-13-20(26)19-30-21-14-9-7-10-15-21/h3-11,13-16,20,22-23,26-28H,12,17-19H2,1-2H3/b5-3-,6-4+,13-8+,16-11+/t20-,22-,23+/m1/s1. The van der Waals surface area contributed by atoms with Crippen molar-refractivity contribution < 1.29 is 24.9 Å². The number of allylic oxidation sites excluding steroid dienone is 6. The van der Waals surface area contributed by atoms with E-state index in [0.717, 1.165) is 0 Å². The van der Waals surface area contributed by atoms with E-state index >= 15 is 0 Å². The van der Waals surface area contributed by atoms with Gasteiger partial charge in [-0.1, -0.05) is 66.8 Å². The summed E-state index contributed by atoms with van der Waals surface area (Å²) < 4.78 is 5.45. The van der Waals surface area contributed by atoms with Crippen molar-refractivity contribution in [2.45, 2.75) is 37.6 Å². The lowest BCUT2D eigenvalue weighted by atomic mass is 10.1. The number of hydrogen-bond donors (Lipinski definition) is 3. The van der Waals surface area contributed by atoms with Crippen LogP contribution < -0.4 is 4.74 Å². The minimum Gasteiger partial charge on any atom is -0.491 e. The molecule has 0 saturated heterocycles. The maximum absolute atomic E-state index is 11.5. The first-order valence-electron chi connectivity index (χ1n) is 10.0. The first-order chi connectivity index (χ1) is 14.4. The predicted octanol–water partition coefficient (Wildman–Crippen LogP) is 2.63. The summed E-state index contributed by atoms with van der Waals surface area (Å²) in [6.07, 6.45) is 12.2. The Morgan fingerprint density at radius 2 is 1.57 bits per heavy atom. The van der Waals surface area contributed by atoms with Gasteiger partial charge in [-0.3, -0.25) is 4.79 Å². The molecule has 0 saturated carbocycles. The van der Waals surface area contributed by atoms with Crippen LogP contribution in [0.4, 0.5) is 0 Å². The molecule has 0 unspecified atom stereocenters. The smallest absolute Gasteiger partial charge is 0.222 e. The second-order valence-corrected chi connectivity index (χ2v) is 6.97. The summed E-state index contributed by atoms with van der Waals surface area (Å²) in [4.78, 5) is 13.0. The third-order valence-corrected chi connectivity index (χ3v) is 4.14. The van der Waals surface area contributed by atoms with Gasteiger partial charge < -0.3 is 25.0 Å². The van der Waals surface area contributed by atoms with Crippen LogP contribution >= 0.6 is 0 Å². The van der Waals surface area contributed by atoms with Crippen LogP contribution in [-0.2, 0) is 4.79 Å². The molecule has 0 aromatic heterocycles. The Kier molecular flexibility index (Phi) is 12.9. The predicted molar refractivity (Wildman–Crippen MR) is 119 cm³/mol. The van der Waals surface area contributed by atoms with Gasteiger partial charge in [0.1, 0.15) is 18.5 Å². The number of aliphatic hydroxyl groups excluding tert-OH is 3. The highest BCUT2D eigenvalue weighted by molar-refractivity contribution is 5.75. The highest BCUT2D eigenvalue weighted by Gasteiger charge is 2.13. The Morgan fingerprint density at radius 1 is 0.967 bits per heavy atom. The Bertz CT molecular complexity index is 710. The lowest BCUT2D eigenvalue weighted by Crippen LogP contribution is -2.25. The van der Waals surface area contributed by atoms with Gasteiger partial charge >= 0.3 is 0 Å². The Balaban J connectivity index is 2.22. The molecule has 1 aromatic rings. The summed E-state index contributed by atoms with van der Waals surface area (Å²) in [6.45, 7) is 0.177. The molecule has 164 valence electrons. The van der Waals surface area contributed by atoms with Crippen molar-refractivity contribution in [3.63, 3.8) is 0 Å². The number of aliphatic hydroxyl groups is 3. The van der Waals surface area contributed by atoms with E-state index in [1.807, 2.05) is 30.3 Å². The van der Waals surface area contributed by atoms with E-state index in [4.69, 9.17) is 4.74 Å². The maximum Gasteiger partial charge on any atom is 0.222 e. The molecule has 6 nitrogen and oxygen atoms in total. The normalized spacial score (nSPS) is 15.2. The second kappa shape index (κ2) is 15.2. The van der Waals surface area contributed by atoms with E-state index in [-0.39, 0.29) is 12.5 Å². The molecule has 0 aliphatic rings. The zero-order chi connectivity index (χ0) is 22.2. The fourth-order valence-electron chi connectivity index (χ4n) is 2.37. The van der Waals surface area contributed by atoms with E-state index in [0.29, 0.717) is 25.0 Å². The molecule has 1 rings (SSSR count). The molecule has 0 radical (unpaired) electrons. The lowest BCUT2D eigenvalue weighted by Gasteiger charge is -2.15. The Morgan fingerprint density at radius 3 is 2.20 bits per heavy atom. The first-order valence-corrected chi connectivity index (χ1v) is 10.0. The molecule has 0 spiro atoms. The van der Waals surface area contributed by atoms with Crippen molar-refractivity contribution in [1.29, 1.82) is 0 Å². The number of hydrogen-bond acceptors (Lipinski definition) is 5. The van der Waals surface area contributed by atoms with Crippen molar-refractivity contribution in [2.75, 3.05) is 20.7 Å². The van der Waals surface area contributed by atoms with Gasteiger partial charge in [0.05, 0.1) is 12.2 Å². The van der Waals surface area contributed by atoms with Crippen LogP contribution in [0.1, 0.15) is 19.3 Å². The molecule has 0 aliphatic carbocycles. The number of nitrogens with zero attached hydrogens (tertiary/aromatic N) is 1. The number of rotatable bonds is 13. The van der Waals surface area contributed by atoms with Crippen molar-refractivity contribution >= 4 is 5.91 Å². The van der Waals surface area contributed by atoms with Crippen LogP contribution in [0.3, 0.4) is 0 Å². The van der Waals surface area contributed by atoms with Gasteiger partial charge in [-0.05, 0) is 25.0 Å². The summed E-state index contributed by atoms with van der Waals surface area (Å²) >= 11 is 0. The van der Waals surface area contributed by atoms with Gasteiger partial charge in [0.15, 0.2) is 0 Å². The number of carbonyl (C=O) groups excluding carboxylic acids is 1. The minimum atomic E-state index is -0.979. The van der Waals surface area contributed by atoms with Gasteiger partial charge in [0.25, 0.3) is 0 Å². The summed E-state index contributed by atoms with van der Waals surface area (Å²) in [5.41, 5.74) is 0. The largest absolute Gasteiger partial charge is 0.491 e. The quantitative estimate of drug-likeness (QED) is 0.431. The number of para-hydroxylation sites is 1. The molecule has 3 N–H and O–H groups in total. The lowest BCUT2D eigenvalue weighted by molar-refractivity contribution is -0.128. The molecular weight excluding hydrogens is 382 g/mol. The maximum atomic E-state index is 11.5. The minimum absolute atomic E-state index is 0.00670. The van der Waals surface area contributed by atoms with Gasteiger partial charge in [-0.15, -0.1) is 0 Å². The van der Waals surface area contributed by atoms with Crippen molar-refractivity contribution in [3.8, 4) is 5.75 Å². The van der Waals surface area contributed by atoms with Crippen molar-refractivity contribution in [3.05, 3.63) is 78.9 Å². The molecule has 1 aromatic carbocycles. The summed E-state index contributed by atoms with van der Waals surface area (Å²) in [6, 6.07) is 9.30. The SMILES string of the molecule is CN(C)C(=O)CCC[C@H](O)[C@H](O)/C=C/C=C/C=C\C=C\[C@@H](O)COc1ccccc1. The van der Waals surface area contributed by atoms with E-state index in [1.165, 1.54) is 11.0 Å². The van der Waals surface area contributed by atoms with Crippen LogP contribution in [0.25, 0.3) is 0 Å². The highest BCUT2D eigenvalue weighted by atomic mass is 16.5. The van der Waals surface area contributed by atoms with Crippen molar-refractivity contribution in [2.24, 2.45) is 0 Å². The third-order valence-electron chi connectivity index (χ3n) is 4.14. The summed E-state index contributed by atoms with van der Waals surface area (Å²) in [7, 11) is 3.38. The van der Waals surface area contributed by atoms with E-state index in [1.54, 1.807) is 56.6 Å². The molecule has 0 aliphatic heterocycles. The van der Waals surface area contributed by atoms with E-state index < -0.39 is 18.3 Å². The van der Waals surface area contributed by atoms with E-state index in [9.17, 15) is 20.1 Å². The molecular formula is C24H33NO5. The van der Waals surface area contributed by atoms with Crippen molar-refractivity contribution in [1.82, 2.24) is 4.90 Å². The fraction of sp³-hybridized carbons (Fsp3) is 0.375. The molecule has 0 heterocycles. The average Bonchev–Trinajstić information content (AvgIpc) is 2.74. The molecule has 6 heteroatoms. The number of ether oxygens (including phenoxy) is 1. The Hall–Kier alpha value is -2.67. The van der Waals surface area contributed by atoms with Gasteiger partial charge in [0.2, 0.25) is 5.91 Å². The van der Waals surface area contributed by atoms with Crippen LogP contribution in [0.15, 0.2) is 78.9 Å². The topological polar surface area (TPSA) is 90.2 Å². The molecule has 0 fully saturated rings. The van der Waals surface area contributed by atoms with E-state index in [2.05, 4.69) is 0 Å². The average molecular weight is 416 g/mol. The van der Waals surface area contributed by atoms with Crippen LogP contribution in [0, 0.1) is 0 Å². The zero-order valence-electron chi connectivity index (χ0n) is 17.7. The van der Waals surface area contributed by atoms with Gasteiger partial charge in [0, 0.05) is 20.5 Å². The Labute approximate surface area is 179 Å². The monoisotopic (exact) mass is 415 g/mol. The zero-order valence-corrected chi connectivity index (χ0v) is 17.7. The van der Waals surface area contributed by atoms with Crippen LogP contribution in [-0.4, -0.2) is 65.1 Å². The van der Waals surface area contributed by atoms with Gasteiger partial charge in [-0.25, -0.2) is 0 Å². The first kappa shape index (κ1) is 25.4.